The van der Waals surface area contributed by atoms with Crippen molar-refractivity contribution in [3.8, 4) is 0 Å². The molecule has 2 N–H and O–H groups in total. The first-order chi connectivity index (χ1) is 8.72. The molecule has 1 aliphatic rings. The van der Waals surface area contributed by atoms with Gasteiger partial charge in [-0.25, -0.2) is 4.98 Å². The summed E-state index contributed by atoms with van der Waals surface area (Å²) in [6.07, 6.45) is 5.78. The summed E-state index contributed by atoms with van der Waals surface area (Å²) in [6.45, 7) is 3.38. The lowest BCUT2D eigenvalue weighted by Gasteiger charge is -2.23. The quantitative estimate of drug-likeness (QED) is 0.808. The highest BCUT2D eigenvalue weighted by atomic mass is 16.2. The molecule has 98 valence electrons. The summed E-state index contributed by atoms with van der Waals surface area (Å²) in [7, 11) is 0. The number of amides is 1. The van der Waals surface area contributed by atoms with Gasteiger partial charge in [0.2, 0.25) is 5.91 Å². The topological polar surface area (TPSA) is 76.0 Å². The van der Waals surface area contributed by atoms with Crippen LogP contribution < -0.4 is 16.2 Å². The molecule has 0 aliphatic carbocycles. The van der Waals surface area contributed by atoms with Crippen molar-refractivity contribution in [3.63, 3.8) is 0 Å². The number of anilines is 1. The Hall–Kier alpha value is -1.85. The minimum atomic E-state index is -0.351. The van der Waals surface area contributed by atoms with E-state index in [1.54, 1.807) is 17.0 Å². The first-order valence-electron chi connectivity index (χ1n) is 6.32. The van der Waals surface area contributed by atoms with E-state index in [0.29, 0.717) is 13.1 Å². The molecule has 1 unspecified atom stereocenters. The molecule has 18 heavy (non-hydrogen) atoms. The minimum Gasteiger partial charge on any atom is -0.354 e. The second kappa shape index (κ2) is 5.66. The highest BCUT2D eigenvalue weighted by Gasteiger charge is 2.23. The Morgan fingerprint density at radius 2 is 2.39 bits per heavy atom. The van der Waals surface area contributed by atoms with Crippen molar-refractivity contribution in [1.82, 2.24) is 14.9 Å². The van der Waals surface area contributed by atoms with E-state index in [0.717, 1.165) is 19.3 Å². The van der Waals surface area contributed by atoms with Crippen molar-refractivity contribution < 1.29 is 4.79 Å². The third kappa shape index (κ3) is 2.69. The van der Waals surface area contributed by atoms with Gasteiger partial charge in [-0.2, -0.15) is 0 Å². The smallest absolute Gasteiger partial charge is 0.293 e. The lowest BCUT2D eigenvalue weighted by Crippen LogP contribution is -2.45. The number of nitrogens with one attached hydrogen (secondary N) is 2. The first-order valence-corrected chi connectivity index (χ1v) is 6.32. The Bertz CT molecular complexity index is 483. The standard InChI is InChI=1S/C12H18N4O2/c1-2-7-16-8-6-13-10(12(16)18)15-9-4-3-5-14-11(9)17/h6,8-9H,2-5,7H2,1H3,(H,13,15)(H,14,17). The van der Waals surface area contributed by atoms with Crippen molar-refractivity contribution in [2.45, 2.75) is 38.8 Å². The van der Waals surface area contributed by atoms with E-state index in [4.69, 9.17) is 0 Å². The number of rotatable bonds is 4. The van der Waals surface area contributed by atoms with Crippen LogP contribution in [0.15, 0.2) is 17.2 Å². The average Bonchev–Trinajstić information content (AvgIpc) is 2.37. The van der Waals surface area contributed by atoms with Crippen molar-refractivity contribution in [2.24, 2.45) is 0 Å². The van der Waals surface area contributed by atoms with Crippen LogP contribution in [0.4, 0.5) is 5.82 Å². The maximum absolute atomic E-state index is 12.0. The predicted molar refractivity (Wildman–Crippen MR) is 68.4 cm³/mol. The molecule has 2 heterocycles. The number of aryl methyl sites for hydroxylation is 1. The Balaban J connectivity index is 2.16. The van der Waals surface area contributed by atoms with Crippen LogP contribution in [0, 0.1) is 0 Å². The fourth-order valence-electron chi connectivity index (χ4n) is 2.04. The summed E-state index contributed by atoms with van der Waals surface area (Å²) < 4.78 is 1.61. The molecule has 1 aliphatic heterocycles. The third-order valence-corrected chi connectivity index (χ3v) is 2.97. The van der Waals surface area contributed by atoms with Crippen molar-refractivity contribution >= 4 is 11.7 Å². The van der Waals surface area contributed by atoms with Crippen LogP contribution in [0.3, 0.4) is 0 Å². The van der Waals surface area contributed by atoms with Gasteiger partial charge in [-0.1, -0.05) is 6.92 Å². The molecule has 0 saturated carbocycles. The molecule has 1 amide bonds. The highest BCUT2D eigenvalue weighted by molar-refractivity contribution is 5.84. The summed E-state index contributed by atoms with van der Waals surface area (Å²) in [5.41, 5.74) is -0.169. The average molecular weight is 250 g/mol. The van der Waals surface area contributed by atoms with Crippen molar-refractivity contribution in [1.29, 1.82) is 0 Å². The molecule has 0 spiro atoms. The van der Waals surface area contributed by atoms with Gasteiger partial charge in [0.15, 0.2) is 5.82 Å². The Morgan fingerprint density at radius 3 is 3.11 bits per heavy atom. The van der Waals surface area contributed by atoms with Crippen LogP contribution in [0.1, 0.15) is 26.2 Å². The molecule has 6 heteroatoms. The van der Waals surface area contributed by atoms with Gasteiger partial charge in [0, 0.05) is 25.5 Å². The largest absolute Gasteiger partial charge is 0.354 e. The van der Waals surface area contributed by atoms with Gasteiger partial charge in [0.05, 0.1) is 0 Å². The second-order valence-electron chi connectivity index (χ2n) is 4.40. The highest BCUT2D eigenvalue weighted by Crippen LogP contribution is 2.07. The molecule has 2 rings (SSSR count). The number of aromatic nitrogens is 2. The number of carbonyl (C=O) groups is 1. The fraction of sp³-hybridized carbons (Fsp3) is 0.583. The zero-order valence-corrected chi connectivity index (χ0v) is 10.5. The van der Waals surface area contributed by atoms with E-state index in [1.807, 2.05) is 6.92 Å². The van der Waals surface area contributed by atoms with Crippen LogP contribution in [0.25, 0.3) is 0 Å². The SMILES string of the molecule is CCCn1ccnc(NC2CCCNC2=O)c1=O. The Morgan fingerprint density at radius 1 is 1.56 bits per heavy atom. The van der Waals surface area contributed by atoms with E-state index in [2.05, 4.69) is 15.6 Å². The lowest BCUT2D eigenvalue weighted by atomic mass is 10.1. The van der Waals surface area contributed by atoms with Gasteiger partial charge in [-0.05, 0) is 19.3 Å². The molecule has 1 saturated heterocycles. The minimum absolute atomic E-state index is 0.0617. The number of nitrogens with zero attached hydrogens (tertiary/aromatic N) is 2. The lowest BCUT2D eigenvalue weighted by molar-refractivity contribution is -0.123. The number of hydrogen-bond donors (Lipinski definition) is 2. The Labute approximate surface area is 105 Å². The first kappa shape index (κ1) is 12.6. The molecule has 1 atom stereocenters. The maximum atomic E-state index is 12.0. The van der Waals surface area contributed by atoms with Crippen molar-refractivity contribution in [3.05, 3.63) is 22.7 Å². The van der Waals surface area contributed by atoms with E-state index >= 15 is 0 Å². The summed E-state index contributed by atoms with van der Waals surface area (Å²) in [5.74, 6) is 0.196. The number of piperidine rings is 1. The number of carbonyl (C=O) groups excluding carboxylic acids is 1. The molecule has 1 aromatic heterocycles. The zero-order valence-electron chi connectivity index (χ0n) is 10.5. The van der Waals surface area contributed by atoms with E-state index in [1.165, 1.54) is 0 Å². The van der Waals surface area contributed by atoms with E-state index < -0.39 is 0 Å². The molecular formula is C12H18N4O2. The van der Waals surface area contributed by atoms with Gasteiger partial charge in [0.25, 0.3) is 5.56 Å². The number of hydrogen-bond acceptors (Lipinski definition) is 4. The monoisotopic (exact) mass is 250 g/mol. The van der Waals surface area contributed by atoms with Crippen LogP contribution >= 0.6 is 0 Å². The molecule has 1 fully saturated rings. The van der Waals surface area contributed by atoms with Gasteiger partial charge in [-0.3, -0.25) is 9.59 Å². The normalized spacial score (nSPS) is 19.4. The van der Waals surface area contributed by atoms with Gasteiger partial charge >= 0.3 is 0 Å². The maximum Gasteiger partial charge on any atom is 0.293 e. The third-order valence-electron chi connectivity index (χ3n) is 2.97. The molecule has 6 nitrogen and oxygen atoms in total. The van der Waals surface area contributed by atoms with Gasteiger partial charge in [0.1, 0.15) is 6.04 Å². The van der Waals surface area contributed by atoms with Crippen LogP contribution in [0.5, 0.6) is 0 Å². The fourth-order valence-corrected chi connectivity index (χ4v) is 2.04. The van der Waals surface area contributed by atoms with Crippen LogP contribution in [0.2, 0.25) is 0 Å². The van der Waals surface area contributed by atoms with Gasteiger partial charge in [-0.15, -0.1) is 0 Å². The summed E-state index contributed by atoms with van der Waals surface area (Å²) in [6, 6.07) is -0.351. The van der Waals surface area contributed by atoms with E-state index in [9.17, 15) is 9.59 Å². The van der Waals surface area contributed by atoms with Gasteiger partial charge < -0.3 is 15.2 Å². The van der Waals surface area contributed by atoms with Crippen molar-refractivity contribution in [2.75, 3.05) is 11.9 Å². The molecule has 1 aromatic rings. The zero-order chi connectivity index (χ0) is 13.0. The molecule has 0 radical (unpaired) electrons. The molecular weight excluding hydrogens is 232 g/mol. The van der Waals surface area contributed by atoms with E-state index in [-0.39, 0.29) is 23.3 Å². The summed E-state index contributed by atoms with van der Waals surface area (Å²) in [5, 5.41) is 5.71. The second-order valence-corrected chi connectivity index (χ2v) is 4.40. The molecule has 0 bridgehead atoms. The summed E-state index contributed by atoms with van der Waals surface area (Å²) in [4.78, 5) is 27.7. The Kier molecular flexibility index (Phi) is 3.96. The van der Waals surface area contributed by atoms with Crippen LogP contribution in [-0.4, -0.2) is 28.0 Å². The molecule has 0 aromatic carbocycles. The summed E-state index contributed by atoms with van der Waals surface area (Å²) >= 11 is 0. The predicted octanol–water partition coefficient (Wildman–Crippen LogP) is 0.344. The van der Waals surface area contributed by atoms with Crippen LogP contribution in [-0.2, 0) is 11.3 Å².